The number of hydrogen-bond donors (Lipinski definition) is 0. The fraction of sp³-hybridized carbons (Fsp3) is 0.0408. The topological polar surface area (TPSA) is 76.5 Å². The van der Waals surface area contributed by atoms with Gasteiger partial charge in [-0.2, -0.15) is 15.0 Å². The summed E-state index contributed by atoms with van der Waals surface area (Å²) in [5.74, 6) is 3.28. The summed E-state index contributed by atoms with van der Waals surface area (Å²) in [4.78, 5) is 28.1. The first kappa shape index (κ1) is 32.7. The van der Waals surface area contributed by atoms with E-state index in [9.17, 15) is 0 Å². The van der Waals surface area contributed by atoms with Gasteiger partial charge in [-0.15, -0.1) is 0 Å². The number of rotatable bonds is 5. The normalized spacial score (nSPS) is 14.4. The molecule has 1 aliphatic heterocycles. The zero-order valence-electron chi connectivity index (χ0n) is 31.0. The summed E-state index contributed by atoms with van der Waals surface area (Å²) in [5.41, 5.74) is 8.03. The highest BCUT2D eigenvalue weighted by atomic mass is 15.4. The van der Waals surface area contributed by atoms with Crippen molar-refractivity contribution in [3.05, 3.63) is 193 Å². The van der Waals surface area contributed by atoms with Crippen LogP contribution in [0.25, 0.3) is 72.3 Å². The van der Waals surface area contributed by atoms with Crippen LogP contribution in [0.5, 0.6) is 0 Å². The lowest BCUT2D eigenvalue weighted by Crippen LogP contribution is -2.39. The molecule has 0 saturated carbocycles. The summed E-state index contributed by atoms with van der Waals surface area (Å²) >= 11 is 0. The standard InChI is InChI=1S/C49H34N8/c1-55-47(35-24-12-5-13-25-35)51-46(34-22-10-4-11-23-34)54-49(55)57-41-29-17-15-27-37(41)39-30-42-38(31-43(39)57)36-26-14-16-28-40(36)56(42)48-52-44(32-18-6-2-7-19-32)50-45(53-48)33-20-8-3-9-21-33/h2-31,47H,1H3. The zero-order valence-corrected chi connectivity index (χ0v) is 31.0. The number of aliphatic imine (C=N–C) groups is 2. The molecule has 10 aromatic rings. The van der Waals surface area contributed by atoms with E-state index in [0.29, 0.717) is 23.4 Å². The first-order valence-corrected chi connectivity index (χ1v) is 19.0. The molecule has 0 fully saturated rings. The Morgan fingerprint density at radius 1 is 0.421 bits per heavy atom. The smallest absolute Gasteiger partial charge is 0.238 e. The predicted octanol–water partition coefficient (Wildman–Crippen LogP) is 10.7. The van der Waals surface area contributed by atoms with Gasteiger partial charge in [0.05, 0.1) is 22.1 Å². The van der Waals surface area contributed by atoms with Gasteiger partial charge in [-0.05, 0) is 29.8 Å². The molecule has 0 spiro atoms. The van der Waals surface area contributed by atoms with Crippen molar-refractivity contribution >= 4 is 55.4 Å². The van der Waals surface area contributed by atoms with Crippen molar-refractivity contribution in [3.8, 4) is 28.7 Å². The molecule has 8 nitrogen and oxygen atoms in total. The molecular weight excluding hydrogens is 701 g/mol. The van der Waals surface area contributed by atoms with Gasteiger partial charge in [0.25, 0.3) is 0 Å². The minimum Gasteiger partial charge on any atom is -0.319 e. The van der Waals surface area contributed by atoms with Crippen LogP contribution in [0, 0.1) is 0 Å². The summed E-state index contributed by atoms with van der Waals surface area (Å²) in [6.45, 7) is 0. The second-order valence-electron chi connectivity index (χ2n) is 14.2. The van der Waals surface area contributed by atoms with Gasteiger partial charge in [0.1, 0.15) is 0 Å². The Bertz CT molecular complexity index is 3130. The zero-order chi connectivity index (χ0) is 37.9. The Labute approximate surface area is 328 Å². The van der Waals surface area contributed by atoms with Crippen LogP contribution in [0.3, 0.4) is 0 Å². The Kier molecular flexibility index (Phi) is 7.60. The van der Waals surface area contributed by atoms with E-state index in [-0.39, 0.29) is 6.17 Å². The lowest BCUT2D eigenvalue weighted by atomic mass is 10.1. The van der Waals surface area contributed by atoms with Crippen LogP contribution in [0.15, 0.2) is 192 Å². The van der Waals surface area contributed by atoms with Crippen LogP contribution in [0.2, 0.25) is 0 Å². The Balaban J connectivity index is 1.19. The lowest BCUT2D eigenvalue weighted by Gasteiger charge is -2.33. The Morgan fingerprint density at radius 3 is 1.44 bits per heavy atom. The van der Waals surface area contributed by atoms with E-state index in [1.165, 1.54) is 0 Å². The molecule has 0 amide bonds. The maximum Gasteiger partial charge on any atom is 0.238 e. The third kappa shape index (κ3) is 5.41. The van der Waals surface area contributed by atoms with E-state index in [0.717, 1.165) is 71.8 Å². The van der Waals surface area contributed by atoms with Crippen LogP contribution < -0.4 is 0 Å². The van der Waals surface area contributed by atoms with Gasteiger partial charge in [-0.1, -0.05) is 158 Å². The highest BCUT2D eigenvalue weighted by molar-refractivity contribution is 6.22. The van der Waals surface area contributed by atoms with Crippen molar-refractivity contribution in [1.82, 2.24) is 29.0 Å². The number of amidine groups is 1. The molecule has 0 bridgehead atoms. The van der Waals surface area contributed by atoms with Gasteiger partial charge < -0.3 is 4.90 Å². The van der Waals surface area contributed by atoms with E-state index < -0.39 is 0 Å². The predicted molar refractivity (Wildman–Crippen MR) is 231 cm³/mol. The molecule has 8 heteroatoms. The Hall–Kier alpha value is -7.71. The average Bonchev–Trinajstić information content (AvgIpc) is 3.78. The number of aromatic nitrogens is 5. The molecule has 11 rings (SSSR count). The van der Waals surface area contributed by atoms with E-state index in [1.807, 2.05) is 84.9 Å². The monoisotopic (exact) mass is 734 g/mol. The number of benzene rings is 7. The highest BCUT2D eigenvalue weighted by Crippen LogP contribution is 2.39. The molecule has 57 heavy (non-hydrogen) atoms. The molecule has 0 saturated heterocycles. The van der Waals surface area contributed by atoms with Gasteiger partial charge in [0, 0.05) is 45.3 Å². The van der Waals surface area contributed by atoms with Gasteiger partial charge in [-0.25, -0.2) is 9.98 Å². The average molecular weight is 735 g/mol. The number of hydrogen-bond acceptors (Lipinski definition) is 6. The van der Waals surface area contributed by atoms with Gasteiger partial charge in [-0.3, -0.25) is 9.13 Å². The van der Waals surface area contributed by atoms with Crippen molar-refractivity contribution in [3.63, 3.8) is 0 Å². The molecule has 3 aromatic heterocycles. The molecule has 7 aromatic carbocycles. The molecule has 1 aliphatic rings. The number of fused-ring (bicyclic) bond motifs is 6. The summed E-state index contributed by atoms with van der Waals surface area (Å²) in [6.07, 6.45) is -0.280. The van der Waals surface area contributed by atoms with Crippen LogP contribution in [-0.4, -0.2) is 47.8 Å². The lowest BCUT2D eigenvalue weighted by molar-refractivity contribution is 0.372. The first-order chi connectivity index (χ1) is 28.2. The number of nitrogens with zero attached hydrogens (tertiary/aromatic N) is 8. The van der Waals surface area contributed by atoms with Crippen LogP contribution in [0.1, 0.15) is 17.3 Å². The molecule has 0 aliphatic carbocycles. The molecule has 0 N–H and O–H groups in total. The second-order valence-corrected chi connectivity index (χ2v) is 14.2. The van der Waals surface area contributed by atoms with E-state index in [4.69, 9.17) is 24.9 Å². The Morgan fingerprint density at radius 2 is 0.877 bits per heavy atom. The van der Waals surface area contributed by atoms with E-state index >= 15 is 0 Å². The third-order valence-corrected chi connectivity index (χ3v) is 10.8. The molecule has 0 radical (unpaired) electrons. The van der Waals surface area contributed by atoms with Crippen molar-refractivity contribution < 1.29 is 0 Å². The van der Waals surface area contributed by atoms with E-state index in [2.05, 4.69) is 118 Å². The fourth-order valence-electron chi connectivity index (χ4n) is 8.13. The quantitative estimate of drug-likeness (QED) is 0.176. The van der Waals surface area contributed by atoms with Crippen molar-refractivity contribution in [2.75, 3.05) is 7.05 Å². The molecular formula is C49H34N8. The SMILES string of the molecule is CN1C(n2c3ccccc3c3cc4c(cc32)c2ccccc2n4-c2nc(-c3ccccc3)nc(-c3ccccc3)n2)=NC(c2ccccc2)=NC1c1ccccc1. The maximum atomic E-state index is 5.35. The van der Waals surface area contributed by atoms with Gasteiger partial charge in [0.2, 0.25) is 11.9 Å². The highest BCUT2D eigenvalue weighted by Gasteiger charge is 2.30. The summed E-state index contributed by atoms with van der Waals surface area (Å²) in [6, 6.07) is 62.6. The van der Waals surface area contributed by atoms with Crippen molar-refractivity contribution in [2.24, 2.45) is 9.98 Å². The number of para-hydroxylation sites is 2. The second kappa shape index (κ2) is 13.2. The summed E-state index contributed by atoms with van der Waals surface area (Å²) < 4.78 is 4.49. The molecule has 4 heterocycles. The maximum absolute atomic E-state index is 5.35. The third-order valence-electron chi connectivity index (χ3n) is 10.8. The molecule has 1 atom stereocenters. The van der Waals surface area contributed by atoms with Gasteiger partial charge >= 0.3 is 0 Å². The minimum absolute atomic E-state index is 0.280. The van der Waals surface area contributed by atoms with Crippen LogP contribution >= 0.6 is 0 Å². The van der Waals surface area contributed by atoms with Gasteiger partial charge in [0.15, 0.2) is 23.7 Å². The van der Waals surface area contributed by atoms with Crippen molar-refractivity contribution in [2.45, 2.75) is 6.17 Å². The van der Waals surface area contributed by atoms with Crippen molar-refractivity contribution in [1.29, 1.82) is 0 Å². The largest absolute Gasteiger partial charge is 0.319 e. The minimum atomic E-state index is -0.280. The first-order valence-electron chi connectivity index (χ1n) is 19.0. The van der Waals surface area contributed by atoms with Crippen LogP contribution in [0.4, 0.5) is 0 Å². The summed E-state index contributed by atoms with van der Waals surface area (Å²) in [5, 5.41) is 4.40. The fourth-order valence-corrected chi connectivity index (χ4v) is 8.13. The van der Waals surface area contributed by atoms with E-state index in [1.54, 1.807) is 0 Å². The summed E-state index contributed by atoms with van der Waals surface area (Å²) in [7, 11) is 2.09. The molecule has 270 valence electrons. The van der Waals surface area contributed by atoms with Crippen LogP contribution in [-0.2, 0) is 0 Å². The molecule has 1 unspecified atom stereocenters.